The van der Waals surface area contributed by atoms with Crippen LogP contribution in [-0.2, 0) is 14.3 Å². The van der Waals surface area contributed by atoms with E-state index in [9.17, 15) is 9.59 Å². The highest BCUT2D eigenvalue weighted by Crippen LogP contribution is 2.32. The molecule has 1 saturated heterocycles. The van der Waals surface area contributed by atoms with Crippen molar-refractivity contribution in [3.05, 3.63) is 0 Å². The zero-order valence-corrected chi connectivity index (χ0v) is 7.16. The Balaban J connectivity index is 2.77. The second-order valence-electron chi connectivity index (χ2n) is 3.27. The summed E-state index contributed by atoms with van der Waals surface area (Å²) in [6.45, 7) is 3.28. The van der Waals surface area contributed by atoms with Gasteiger partial charge in [-0.3, -0.25) is 4.79 Å². The van der Waals surface area contributed by atoms with Crippen LogP contribution in [0.15, 0.2) is 0 Å². The van der Waals surface area contributed by atoms with E-state index in [0.717, 1.165) is 0 Å². The van der Waals surface area contributed by atoms with Crippen LogP contribution in [0, 0.1) is 5.92 Å². The van der Waals surface area contributed by atoms with E-state index >= 15 is 0 Å². The Hall–Kier alpha value is -1.06. The molecule has 1 fully saturated rings. The first-order valence-electron chi connectivity index (χ1n) is 3.96. The van der Waals surface area contributed by atoms with Crippen molar-refractivity contribution in [2.45, 2.75) is 32.3 Å². The molecule has 4 nitrogen and oxygen atoms in total. The molecule has 0 aromatic carbocycles. The van der Waals surface area contributed by atoms with Gasteiger partial charge in [0.05, 0.1) is 5.92 Å². The van der Waals surface area contributed by atoms with Crippen molar-refractivity contribution in [2.24, 2.45) is 5.92 Å². The summed E-state index contributed by atoms with van der Waals surface area (Å²) in [5.74, 6) is -1.69. The van der Waals surface area contributed by atoms with Gasteiger partial charge in [-0.2, -0.15) is 0 Å². The maximum atomic E-state index is 11.0. The molecular weight excluding hydrogens is 160 g/mol. The summed E-state index contributed by atoms with van der Waals surface area (Å²) in [5.41, 5.74) is -1.29. The van der Waals surface area contributed by atoms with Crippen molar-refractivity contribution in [3.8, 4) is 0 Å². The first-order chi connectivity index (χ1) is 5.49. The number of carboxylic acid groups (broad SMARTS) is 1. The summed E-state index contributed by atoms with van der Waals surface area (Å²) in [5, 5.41) is 8.73. The molecular formula is C8H12O4. The Labute approximate surface area is 70.5 Å². The summed E-state index contributed by atoms with van der Waals surface area (Å²) in [6.07, 6.45) is 0.930. The molecule has 2 atom stereocenters. The Kier molecular flexibility index (Phi) is 2.08. The van der Waals surface area contributed by atoms with Crippen molar-refractivity contribution in [2.75, 3.05) is 0 Å². The molecule has 4 heteroatoms. The van der Waals surface area contributed by atoms with Gasteiger partial charge in [-0.15, -0.1) is 0 Å². The molecule has 0 aliphatic carbocycles. The Morgan fingerprint density at radius 3 is 2.67 bits per heavy atom. The number of esters is 1. The maximum absolute atomic E-state index is 11.0. The molecule has 0 aromatic heterocycles. The van der Waals surface area contributed by atoms with Gasteiger partial charge in [-0.25, -0.2) is 4.79 Å². The number of carbonyl (C=O) groups is 2. The fraction of sp³-hybridized carbons (Fsp3) is 0.750. The van der Waals surface area contributed by atoms with Gasteiger partial charge in [0.2, 0.25) is 5.60 Å². The van der Waals surface area contributed by atoms with Crippen LogP contribution in [-0.4, -0.2) is 22.6 Å². The third kappa shape index (κ3) is 1.29. The normalized spacial score (nSPS) is 34.8. The van der Waals surface area contributed by atoms with Crippen LogP contribution >= 0.6 is 0 Å². The van der Waals surface area contributed by atoms with Crippen LogP contribution in [0.1, 0.15) is 26.7 Å². The first-order valence-corrected chi connectivity index (χ1v) is 3.96. The number of aliphatic carboxylic acids is 1. The molecule has 1 aliphatic rings. The minimum atomic E-state index is -1.29. The number of rotatable bonds is 2. The van der Waals surface area contributed by atoms with E-state index in [1.54, 1.807) is 0 Å². The molecule has 0 saturated carbocycles. The van der Waals surface area contributed by atoms with Gasteiger partial charge >= 0.3 is 11.9 Å². The Morgan fingerprint density at radius 2 is 2.42 bits per heavy atom. The lowest BCUT2D eigenvalue weighted by Crippen LogP contribution is -2.34. The topological polar surface area (TPSA) is 63.6 Å². The van der Waals surface area contributed by atoms with E-state index in [1.165, 1.54) is 6.92 Å². The highest BCUT2D eigenvalue weighted by atomic mass is 16.6. The number of carboxylic acids is 1. The second kappa shape index (κ2) is 2.77. The van der Waals surface area contributed by atoms with Gasteiger partial charge in [0, 0.05) is 6.42 Å². The van der Waals surface area contributed by atoms with Crippen LogP contribution in [0.5, 0.6) is 0 Å². The zero-order valence-electron chi connectivity index (χ0n) is 7.16. The monoisotopic (exact) mass is 172 g/mol. The summed E-state index contributed by atoms with van der Waals surface area (Å²) in [7, 11) is 0. The first kappa shape index (κ1) is 9.03. The van der Waals surface area contributed by atoms with E-state index < -0.39 is 11.6 Å². The summed E-state index contributed by atoms with van der Waals surface area (Å²) >= 11 is 0. The molecule has 0 amide bonds. The minimum Gasteiger partial charge on any atom is -0.478 e. The Bertz CT molecular complexity index is 223. The average Bonchev–Trinajstić information content (AvgIpc) is 2.27. The zero-order chi connectivity index (χ0) is 9.35. The van der Waals surface area contributed by atoms with Gasteiger partial charge in [0.15, 0.2) is 0 Å². The molecule has 1 heterocycles. The fourth-order valence-corrected chi connectivity index (χ4v) is 1.34. The van der Waals surface area contributed by atoms with Crippen LogP contribution in [0.4, 0.5) is 0 Å². The number of cyclic esters (lactones) is 1. The van der Waals surface area contributed by atoms with E-state index in [-0.39, 0.29) is 18.3 Å². The molecule has 1 aliphatic heterocycles. The van der Waals surface area contributed by atoms with Crippen molar-refractivity contribution in [1.82, 2.24) is 0 Å². The van der Waals surface area contributed by atoms with Gasteiger partial charge in [-0.05, 0) is 13.3 Å². The maximum Gasteiger partial charge on any atom is 0.347 e. The molecule has 1 N–H and O–H groups in total. The molecule has 0 aromatic rings. The summed E-state index contributed by atoms with van der Waals surface area (Å²) in [4.78, 5) is 21.7. The largest absolute Gasteiger partial charge is 0.478 e. The number of hydrogen-bond donors (Lipinski definition) is 1. The quantitative estimate of drug-likeness (QED) is 0.626. The van der Waals surface area contributed by atoms with Crippen LogP contribution in [0.3, 0.4) is 0 Å². The third-order valence-electron chi connectivity index (χ3n) is 2.24. The molecule has 0 radical (unpaired) electrons. The predicted octanol–water partition coefficient (Wildman–Crippen LogP) is 0.803. The van der Waals surface area contributed by atoms with Crippen molar-refractivity contribution >= 4 is 11.9 Å². The predicted molar refractivity (Wildman–Crippen MR) is 40.5 cm³/mol. The van der Waals surface area contributed by atoms with Crippen LogP contribution in [0.25, 0.3) is 0 Å². The Morgan fingerprint density at radius 1 is 1.83 bits per heavy atom. The van der Waals surface area contributed by atoms with E-state index in [0.29, 0.717) is 6.42 Å². The van der Waals surface area contributed by atoms with E-state index in [1.807, 2.05) is 6.92 Å². The molecule has 12 heavy (non-hydrogen) atoms. The standard InChI is InChI=1S/C8H12O4/c1-3-5-4-8(2,7(10)11)12-6(5)9/h5H,3-4H2,1-2H3,(H,10,11). The SMILES string of the molecule is CCC1CC(C)(C(=O)O)OC1=O. The lowest BCUT2D eigenvalue weighted by molar-refractivity contribution is -0.167. The molecule has 1 rings (SSSR count). The van der Waals surface area contributed by atoms with E-state index in [4.69, 9.17) is 9.84 Å². The van der Waals surface area contributed by atoms with Gasteiger partial charge in [0.1, 0.15) is 0 Å². The lowest BCUT2D eigenvalue weighted by atomic mass is 9.94. The van der Waals surface area contributed by atoms with Crippen molar-refractivity contribution in [1.29, 1.82) is 0 Å². The van der Waals surface area contributed by atoms with Crippen LogP contribution in [0.2, 0.25) is 0 Å². The number of hydrogen-bond acceptors (Lipinski definition) is 3. The number of ether oxygens (including phenoxy) is 1. The summed E-state index contributed by atoms with van der Waals surface area (Å²) in [6, 6.07) is 0. The highest BCUT2D eigenvalue weighted by Gasteiger charge is 2.48. The van der Waals surface area contributed by atoms with Gasteiger partial charge in [0.25, 0.3) is 0 Å². The van der Waals surface area contributed by atoms with Crippen molar-refractivity contribution < 1.29 is 19.4 Å². The van der Waals surface area contributed by atoms with Gasteiger partial charge in [-0.1, -0.05) is 6.92 Å². The number of carbonyl (C=O) groups excluding carboxylic acids is 1. The summed E-state index contributed by atoms with van der Waals surface area (Å²) < 4.78 is 4.78. The van der Waals surface area contributed by atoms with E-state index in [2.05, 4.69) is 0 Å². The molecule has 68 valence electrons. The second-order valence-corrected chi connectivity index (χ2v) is 3.27. The van der Waals surface area contributed by atoms with Crippen molar-refractivity contribution in [3.63, 3.8) is 0 Å². The fourth-order valence-electron chi connectivity index (χ4n) is 1.34. The molecule has 0 bridgehead atoms. The highest BCUT2D eigenvalue weighted by molar-refractivity contribution is 5.86. The molecule has 2 unspecified atom stereocenters. The van der Waals surface area contributed by atoms with Gasteiger partial charge < -0.3 is 9.84 Å². The average molecular weight is 172 g/mol. The van der Waals surface area contributed by atoms with Crippen LogP contribution < -0.4 is 0 Å². The lowest BCUT2D eigenvalue weighted by Gasteiger charge is -2.15. The third-order valence-corrected chi connectivity index (χ3v) is 2.24. The smallest absolute Gasteiger partial charge is 0.347 e. The minimum absolute atomic E-state index is 0.244. The molecule has 0 spiro atoms.